The molecule has 2 atom stereocenters. The number of aliphatic hydroxyl groups is 1. The zero-order valence-corrected chi connectivity index (χ0v) is 20.0. The van der Waals surface area contributed by atoms with Gasteiger partial charge in [0.25, 0.3) is 0 Å². The van der Waals surface area contributed by atoms with Crippen LogP contribution in [-0.2, 0) is 4.79 Å². The van der Waals surface area contributed by atoms with Gasteiger partial charge in [-0.3, -0.25) is 14.5 Å². The molecular weight excluding hydrogens is 414 g/mol. The summed E-state index contributed by atoms with van der Waals surface area (Å²) in [6.07, 6.45) is 12.1. The Morgan fingerprint density at radius 2 is 1.79 bits per heavy atom. The van der Waals surface area contributed by atoms with Crippen molar-refractivity contribution in [3.05, 3.63) is 35.4 Å². The Morgan fingerprint density at radius 1 is 1.06 bits per heavy atom. The lowest BCUT2D eigenvalue weighted by Gasteiger charge is -2.40. The number of carbonyl (C=O) groups is 2. The molecule has 6 heteroatoms. The second-order valence-electron chi connectivity index (χ2n) is 10.5. The maximum atomic E-state index is 12.9. The van der Waals surface area contributed by atoms with E-state index >= 15 is 0 Å². The van der Waals surface area contributed by atoms with Gasteiger partial charge in [-0.1, -0.05) is 31.4 Å². The van der Waals surface area contributed by atoms with Crippen molar-refractivity contribution in [3.8, 4) is 0 Å². The second-order valence-corrected chi connectivity index (χ2v) is 10.5. The lowest BCUT2D eigenvalue weighted by molar-refractivity contribution is -0.132. The lowest BCUT2D eigenvalue weighted by Crippen LogP contribution is -2.47. The smallest absolute Gasteiger partial charge is 0.248 e. The third-order valence-electron chi connectivity index (χ3n) is 8.26. The highest BCUT2D eigenvalue weighted by Crippen LogP contribution is 2.43. The molecule has 1 aromatic rings. The van der Waals surface area contributed by atoms with Gasteiger partial charge in [0.05, 0.1) is 0 Å². The SMILES string of the molecule is NC(=O)c1cccc(C2CC3CCC(C2)N3CCN(CC2CCCCC2)C(=O)CCCO)c1. The van der Waals surface area contributed by atoms with E-state index in [0.717, 1.165) is 32.5 Å². The molecule has 4 rings (SSSR count). The molecule has 0 aromatic heterocycles. The Balaban J connectivity index is 1.36. The molecular formula is C27H41N3O3. The highest BCUT2D eigenvalue weighted by molar-refractivity contribution is 5.92. The predicted octanol–water partition coefficient (Wildman–Crippen LogP) is 3.68. The molecule has 2 aliphatic heterocycles. The van der Waals surface area contributed by atoms with Crippen LogP contribution in [0.15, 0.2) is 24.3 Å². The van der Waals surface area contributed by atoms with E-state index in [2.05, 4.69) is 15.9 Å². The minimum Gasteiger partial charge on any atom is -0.396 e. The maximum absolute atomic E-state index is 12.9. The van der Waals surface area contributed by atoms with Crippen molar-refractivity contribution in [3.63, 3.8) is 0 Å². The molecule has 3 N–H and O–H groups in total. The number of benzene rings is 1. The monoisotopic (exact) mass is 455 g/mol. The van der Waals surface area contributed by atoms with Crippen LogP contribution < -0.4 is 5.73 Å². The van der Waals surface area contributed by atoms with Gasteiger partial charge >= 0.3 is 0 Å². The number of hydrogen-bond acceptors (Lipinski definition) is 4. The largest absolute Gasteiger partial charge is 0.396 e. The predicted molar refractivity (Wildman–Crippen MR) is 130 cm³/mol. The zero-order chi connectivity index (χ0) is 23.2. The van der Waals surface area contributed by atoms with Gasteiger partial charge in [-0.05, 0) is 74.5 Å². The molecule has 1 aromatic carbocycles. The van der Waals surface area contributed by atoms with Crippen LogP contribution in [0.5, 0.6) is 0 Å². The van der Waals surface area contributed by atoms with Crippen LogP contribution in [0.1, 0.15) is 92.5 Å². The van der Waals surface area contributed by atoms with Crippen molar-refractivity contribution in [1.29, 1.82) is 0 Å². The molecule has 3 fully saturated rings. The molecule has 2 unspecified atom stereocenters. The summed E-state index contributed by atoms with van der Waals surface area (Å²) in [4.78, 5) is 29.3. The molecule has 182 valence electrons. The second kappa shape index (κ2) is 11.5. The fourth-order valence-electron chi connectivity index (χ4n) is 6.48. The molecule has 1 saturated carbocycles. The van der Waals surface area contributed by atoms with Crippen molar-refractivity contribution in [2.45, 2.75) is 88.6 Å². The van der Waals surface area contributed by atoms with E-state index in [4.69, 9.17) is 5.73 Å². The molecule has 1 aliphatic carbocycles. The number of carbonyl (C=O) groups excluding carboxylic acids is 2. The average Bonchev–Trinajstić information content (AvgIpc) is 3.07. The number of aliphatic hydroxyl groups excluding tert-OH is 1. The van der Waals surface area contributed by atoms with Gasteiger partial charge in [-0.2, -0.15) is 0 Å². The summed E-state index contributed by atoms with van der Waals surface area (Å²) in [5.41, 5.74) is 7.33. The van der Waals surface area contributed by atoms with Crippen LogP contribution in [0.25, 0.3) is 0 Å². The summed E-state index contributed by atoms with van der Waals surface area (Å²) < 4.78 is 0. The quantitative estimate of drug-likeness (QED) is 0.563. The van der Waals surface area contributed by atoms with Crippen molar-refractivity contribution in [2.24, 2.45) is 11.7 Å². The van der Waals surface area contributed by atoms with Crippen molar-refractivity contribution in [1.82, 2.24) is 9.80 Å². The Morgan fingerprint density at radius 3 is 2.45 bits per heavy atom. The minimum absolute atomic E-state index is 0.0810. The topological polar surface area (TPSA) is 86.9 Å². The summed E-state index contributed by atoms with van der Waals surface area (Å²) in [5, 5.41) is 9.19. The van der Waals surface area contributed by atoms with Crippen LogP contribution in [0.2, 0.25) is 0 Å². The normalized spacial score (nSPS) is 25.8. The van der Waals surface area contributed by atoms with E-state index in [1.807, 2.05) is 12.1 Å². The number of hydrogen-bond donors (Lipinski definition) is 2. The number of fused-ring (bicyclic) bond motifs is 2. The van der Waals surface area contributed by atoms with E-state index in [1.54, 1.807) is 6.07 Å². The number of piperidine rings is 1. The number of rotatable bonds is 10. The van der Waals surface area contributed by atoms with Crippen LogP contribution >= 0.6 is 0 Å². The van der Waals surface area contributed by atoms with Crippen molar-refractivity contribution < 1.29 is 14.7 Å². The van der Waals surface area contributed by atoms with Crippen molar-refractivity contribution >= 4 is 11.8 Å². The van der Waals surface area contributed by atoms with Crippen LogP contribution in [0.4, 0.5) is 0 Å². The van der Waals surface area contributed by atoms with Gasteiger partial charge in [0, 0.05) is 50.3 Å². The zero-order valence-electron chi connectivity index (χ0n) is 20.0. The van der Waals surface area contributed by atoms with Crippen LogP contribution in [0.3, 0.4) is 0 Å². The molecule has 3 aliphatic rings. The first-order valence-electron chi connectivity index (χ1n) is 13.1. The first-order valence-corrected chi connectivity index (χ1v) is 13.1. The van der Waals surface area contributed by atoms with Crippen LogP contribution in [0, 0.1) is 5.92 Å². The van der Waals surface area contributed by atoms with Gasteiger partial charge in [0.1, 0.15) is 0 Å². The van der Waals surface area contributed by atoms with E-state index in [0.29, 0.717) is 42.3 Å². The first kappa shape index (κ1) is 24.2. The van der Waals surface area contributed by atoms with Gasteiger partial charge in [-0.25, -0.2) is 0 Å². The van der Waals surface area contributed by atoms with E-state index in [1.165, 1.54) is 50.5 Å². The van der Waals surface area contributed by atoms with E-state index in [9.17, 15) is 14.7 Å². The maximum Gasteiger partial charge on any atom is 0.248 e. The molecule has 0 radical (unpaired) electrons. The summed E-state index contributed by atoms with van der Waals surface area (Å²) in [6.45, 7) is 2.71. The van der Waals surface area contributed by atoms with E-state index in [-0.39, 0.29) is 18.4 Å². The minimum atomic E-state index is -0.360. The highest BCUT2D eigenvalue weighted by atomic mass is 16.3. The first-order chi connectivity index (χ1) is 16.0. The summed E-state index contributed by atoms with van der Waals surface area (Å²) in [7, 11) is 0. The number of nitrogens with two attached hydrogens (primary N) is 1. The highest BCUT2D eigenvalue weighted by Gasteiger charge is 2.41. The van der Waals surface area contributed by atoms with Gasteiger partial charge in [-0.15, -0.1) is 0 Å². The third-order valence-corrected chi connectivity index (χ3v) is 8.26. The van der Waals surface area contributed by atoms with Gasteiger partial charge < -0.3 is 15.7 Å². The van der Waals surface area contributed by atoms with Gasteiger partial charge in [0.15, 0.2) is 0 Å². The Kier molecular flexibility index (Phi) is 8.42. The Bertz CT molecular complexity index is 794. The number of amides is 2. The fraction of sp³-hybridized carbons (Fsp3) is 0.704. The standard InChI is InChI=1S/C27H41N3O3/c28-27(33)22-9-4-8-21(16-22)23-17-24-11-12-25(18-23)30(24)14-13-29(26(32)10-5-15-31)19-20-6-2-1-3-7-20/h4,8-9,16,20,23-25,31H,1-3,5-7,10-15,17-19H2,(H2,28,33). The summed E-state index contributed by atoms with van der Waals surface area (Å²) >= 11 is 0. The fourth-order valence-corrected chi connectivity index (χ4v) is 6.48. The molecule has 2 heterocycles. The lowest BCUT2D eigenvalue weighted by atomic mass is 9.84. The summed E-state index contributed by atoms with van der Waals surface area (Å²) in [6, 6.07) is 8.96. The van der Waals surface area contributed by atoms with E-state index < -0.39 is 0 Å². The molecule has 2 amide bonds. The molecule has 33 heavy (non-hydrogen) atoms. The summed E-state index contributed by atoms with van der Waals surface area (Å²) in [5.74, 6) is 0.959. The average molecular weight is 456 g/mol. The van der Waals surface area contributed by atoms with Gasteiger partial charge in [0.2, 0.25) is 11.8 Å². The third kappa shape index (κ3) is 6.15. The Hall–Kier alpha value is -1.92. The van der Waals surface area contributed by atoms with Crippen molar-refractivity contribution in [2.75, 3.05) is 26.2 Å². The number of nitrogens with zero attached hydrogens (tertiary/aromatic N) is 2. The van der Waals surface area contributed by atoms with Crippen LogP contribution in [-0.4, -0.2) is 65.0 Å². The Labute approximate surface area is 198 Å². The molecule has 2 saturated heterocycles. The molecule has 0 spiro atoms. The molecule has 6 nitrogen and oxygen atoms in total. The molecule has 2 bridgehead atoms. The number of primary amides is 1.